The van der Waals surface area contributed by atoms with E-state index in [1.807, 2.05) is 30.3 Å². The van der Waals surface area contributed by atoms with Crippen LogP contribution in [0.4, 0.5) is 5.69 Å². The van der Waals surface area contributed by atoms with E-state index in [2.05, 4.69) is 46.2 Å². The number of aliphatic hydroxyl groups is 1. The Labute approximate surface area is 161 Å². The summed E-state index contributed by atoms with van der Waals surface area (Å²) >= 11 is 0. The first-order chi connectivity index (χ1) is 13.3. The average molecular weight is 362 g/mol. The van der Waals surface area contributed by atoms with Crippen LogP contribution in [0.3, 0.4) is 0 Å². The largest absolute Gasteiger partial charge is 0.495 e. The van der Waals surface area contributed by atoms with Crippen molar-refractivity contribution >= 4 is 11.8 Å². The Kier molecular flexibility index (Phi) is 5.28. The van der Waals surface area contributed by atoms with Crippen molar-refractivity contribution in [3.8, 4) is 5.75 Å². The first-order valence-electron chi connectivity index (χ1n) is 9.50. The molecule has 1 fully saturated rings. The minimum Gasteiger partial charge on any atom is -0.495 e. The SMILES string of the molecule is COc1ccccc1N1CCN(CC2=CC=Cc3ccccc3C2O)CC1. The van der Waals surface area contributed by atoms with Gasteiger partial charge in [0.15, 0.2) is 0 Å². The van der Waals surface area contributed by atoms with Crippen molar-refractivity contribution in [1.29, 1.82) is 0 Å². The lowest BCUT2D eigenvalue weighted by molar-refractivity contribution is 0.191. The minimum atomic E-state index is -0.538. The molecule has 0 amide bonds. The highest BCUT2D eigenvalue weighted by atomic mass is 16.5. The van der Waals surface area contributed by atoms with Crippen molar-refractivity contribution in [1.82, 2.24) is 4.90 Å². The van der Waals surface area contributed by atoms with Crippen LogP contribution in [0.1, 0.15) is 17.2 Å². The minimum absolute atomic E-state index is 0.538. The van der Waals surface area contributed by atoms with E-state index in [-0.39, 0.29) is 0 Å². The van der Waals surface area contributed by atoms with E-state index in [4.69, 9.17) is 4.74 Å². The summed E-state index contributed by atoms with van der Waals surface area (Å²) in [4.78, 5) is 4.80. The highest BCUT2D eigenvalue weighted by molar-refractivity contribution is 5.60. The van der Waals surface area contributed by atoms with Gasteiger partial charge in [0.05, 0.1) is 12.8 Å². The van der Waals surface area contributed by atoms with Gasteiger partial charge < -0.3 is 14.7 Å². The molecular weight excluding hydrogens is 336 g/mol. The molecule has 1 saturated heterocycles. The molecule has 1 aliphatic heterocycles. The van der Waals surface area contributed by atoms with Gasteiger partial charge in [0.1, 0.15) is 11.9 Å². The number of anilines is 1. The predicted octanol–water partition coefficient (Wildman–Crippen LogP) is 3.50. The number of piperazine rings is 1. The standard InChI is InChI=1S/C23H26N2O2/c1-27-22-12-5-4-11-21(22)25-15-13-24(14-16-25)17-19-9-6-8-18-7-2-3-10-20(18)23(19)26/h2-12,23,26H,13-17H2,1H3. The monoisotopic (exact) mass is 362 g/mol. The summed E-state index contributed by atoms with van der Waals surface area (Å²) in [6.45, 7) is 4.63. The van der Waals surface area contributed by atoms with Gasteiger partial charge in [-0.15, -0.1) is 0 Å². The lowest BCUT2D eigenvalue weighted by Crippen LogP contribution is -2.47. The number of rotatable bonds is 4. The number of hydrogen-bond acceptors (Lipinski definition) is 4. The summed E-state index contributed by atoms with van der Waals surface area (Å²) in [5, 5.41) is 10.9. The quantitative estimate of drug-likeness (QED) is 0.903. The highest BCUT2D eigenvalue weighted by Crippen LogP contribution is 2.31. The van der Waals surface area contributed by atoms with Gasteiger partial charge in [-0.3, -0.25) is 4.90 Å². The van der Waals surface area contributed by atoms with Crippen molar-refractivity contribution in [3.63, 3.8) is 0 Å². The van der Waals surface area contributed by atoms with Gasteiger partial charge in [-0.25, -0.2) is 0 Å². The molecule has 1 N–H and O–H groups in total. The Hall–Kier alpha value is -2.56. The van der Waals surface area contributed by atoms with Gasteiger partial charge in [0, 0.05) is 32.7 Å². The summed E-state index contributed by atoms with van der Waals surface area (Å²) < 4.78 is 5.50. The van der Waals surface area contributed by atoms with Crippen LogP contribution < -0.4 is 9.64 Å². The lowest BCUT2D eigenvalue weighted by atomic mass is 9.98. The van der Waals surface area contributed by atoms with Crippen LogP contribution in [0.25, 0.3) is 6.08 Å². The van der Waals surface area contributed by atoms with Crippen LogP contribution in [0, 0.1) is 0 Å². The van der Waals surface area contributed by atoms with Gasteiger partial charge in [-0.05, 0) is 28.8 Å². The maximum Gasteiger partial charge on any atom is 0.142 e. The number of allylic oxidation sites excluding steroid dienone is 2. The molecule has 140 valence electrons. The van der Waals surface area contributed by atoms with Crippen molar-refractivity contribution < 1.29 is 9.84 Å². The Balaban J connectivity index is 1.41. The Morgan fingerprint density at radius 3 is 2.56 bits per heavy atom. The predicted molar refractivity (Wildman–Crippen MR) is 110 cm³/mol. The fraction of sp³-hybridized carbons (Fsp3) is 0.304. The highest BCUT2D eigenvalue weighted by Gasteiger charge is 2.23. The molecule has 2 aromatic rings. The second kappa shape index (κ2) is 7.99. The third kappa shape index (κ3) is 3.77. The zero-order chi connectivity index (χ0) is 18.6. The van der Waals surface area contributed by atoms with E-state index in [1.165, 1.54) is 0 Å². The first kappa shape index (κ1) is 17.8. The number of hydrogen-bond donors (Lipinski definition) is 1. The molecule has 4 rings (SSSR count). The molecule has 1 heterocycles. The van der Waals surface area contributed by atoms with E-state index in [0.717, 1.165) is 60.9 Å². The number of para-hydroxylation sites is 2. The molecule has 1 aliphatic carbocycles. The van der Waals surface area contributed by atoms with Gasteiger partial charge in [0.2, 0.25) is 0 Å². The Morgan fingerprint density at radius 1 is 1.00 bits per heavy atom. The van der Waals surface area contributed by atoms with Crippen LogP contribution in [0.5, 0.6) is 5.75 Å². The zero-order valence-corrected chi connectivity index (χ0v) is 15.7. The number of methoxy groups -OCH3 is 1. The van der Waals surface area contributed by atoms with Gasteiger partial charge in [-0.1, -0.05) is 54.6 Å². The molecule has 0 aromatic heterocycles. The summed E-state index contributed by atoms with van der Waals surface area (Å²) in [7, 11) is 1.72. The Morgan fingerprint density at radius 2 is 1.74 bits per heavy atom. The summed E-state index contributed by atoms with van der Waals surface area (Å²) in [5.74, 6) is 0.926. The fourth-order valence-electron chi connectivity index (χ4n) is 3.91. The molecule has 0 radical (unpaired) electrons. The molecule has 2 aromatic carbocycles. The second-order valence-electron chi connectivity index (χ2n) is 7.07. The van der Waals surface area contributed by atoms with E-state index in [9.17, 15) is 5.11 Å². The fourth-order valence-corrected chi connectivity index (χ4v) is 3.91. The Bertz CT molecular complexity index is 851. The average Bonchev–Trinajstić information content (AvgIpc) is 2.88. The molecule has 0 spiro atoms. The van der Waals surface area contributed by atoms with Gasteiger partial charge in [0.25, 0.3) is 0 Å². The van der Waals surface area contributed by atoms with Gasteiger partial charge >= 0.3 is 0 Å². The lowest BCUT2D eigenvalue weighted by Gasteiger charge is -2.37. The normalized spacial score (nSPS) is 20.0. The third-order valence-corrected chi connectivity index (χ3v) is 5.43. The molecule has 4 heteroatoms. The third-order valence-electron chi connectivity index (χ3n) is 5.43. The van der Waals surface area contributed by atoms with E-state index in [1.54, 1.807) is 7.11 Å². The molecule has 0 saturated carbocycles. The van der Waals surface area contributed by atoms with Crippen LogP contribution in [-0.4, -0.2) is 49.8 Å². The van der Waals surface area contributed by atoms with Crippen LogP contribution in [0.2, 0.25) is 0 Å². The molecule has 27 heavy (non-hydrogen) atoms. The molecule has 2 aliphatic rings. The van der Waals surface area contributed by atoms with Crippen LogP contribution >= 0.6 is 0 Å². The van der Waals surface area contributed by atoms with Gasteiger partial charge in [-0.2, -0.15) is 0 Å². The maximum atomic E-state index is 10.9. The summed E-state index contributed by atoms with van der Waals surface area (Å²) in [5.41, 5.74) is 4.30. The first-order valence-corrected chi connectivity index (χ1v) is 9.50. The second-order valence-corrected chi connectivity index (χ2v) is 7.07. The van der Waals surface area contributed by atoms with Crippen molar-refractivity contribution in [2.24, 2.45) is 0 Å². The number of aliphatic hydroxyl groups excluding tert-OH is 1. The molecule has 0 bridgehead atoms. The zero-order valence-electron chi connectivity index (χ0n) is 15.7. The van der Waals surface area contributed by atoms with Crippen molar-refractivity contribution in [3.05, 3.63) is 77.4 Å². The maximum absolute atomic E-state index is 10.9. The topological polar surface area (TPSA) is 35.9 Å². The van der Waals surface area contributed by atoms with E-state index in [0.29, 0.717) is 0 Å². The molecule has 4 nitrogen and oxygen atoms in total. The summed E-state index contributed by atoms with van der Waals surface area (Å²) in [6, 6.07) is 16.3. The van der Waals surface area contributed by atoms with E-state index < -0.39 is 6.10 Å². The number of benzene rings is 2. The number of fused-ring (bicyclic) bond motifs is 1. The molecular formula is C23H26N2O2. The number of nitrogens with zero attached hydrogens (tertiary/aromatic N) is 2. The van der Waals surface area contributed by atoms with Crippen molar-refractivity contribution in [2.75, 3.05) is 44.7 Å². The van der Waals surface area contributed by atoms with Crippen molar-refractivity contribution in [2.45, 2.75) is 6.10 Å². The molecule has 1 atom stereocenters. The van der Waals surface area contributed by atoms with E-state index >= 15 is 0 Å². The van der Waals surface area contributed by atoms with Crippen LogP contribution in [-0.2, 0) is 0 Å². The summed E-state index contributed by atoms with van der Waals surface area (Å²) in [6.07, 6.45) is 5.65. The smallest absolute Gasteiger partial charge is 0.142 e. The molecule has 1 unspecified atom stereocenters. The van der Waals surface area contributed by atoms with Crippen LogP contribution in [0.15, 0.2) is 66.3 Å². The number of ether oxygens (including phenoxy) is 1.